The number of likely N-dealkylation sites (tertiary alicyclic amines) is 1. The van der Waals surface area contributed by atoms with Gasteiger partial charge in [0.2, 0.25) is 18.0 Å². The number of hydrogen-bond acceptors (Lipinski definition) is 7. The molecule has 0 aromatic heterocycles. The number of rotatable bonds is 5. The summed E-state index contributed by atoms with van der Waals surface area (Å²) in [4.78, 5) is 40.3. The van der Waals surface area contributed by atoms with Gasteiger partial charge in [0.15, 0.2) is 11.5 Å². The number of piperidine rings is 1. The molecule has 2 saturated heterocycles. The van der Waals surface area contributed by atoms with E-state index in [1.807, 2.05) is 0 Å². The number of methoxy groups -OCH3 is 2. The molecule has 0 radical (unpaired) electrons. The molecule has 180 valence electrons. The summed E-state index contributed by atoms with van der Waals surface area (Å²) in [6.45, 7) is 8.48. The van der Waals surface area contributed by atoms with Crippen molar-refractivity contribution in [2.24, 2.45) is 0 Å². The van der Waals surface area contributed by atoms with Crippen LogP contribution >= 0.6 is 0 Å². The first-order chi connectivity index (χ1) is 15.5. The lowest BCUT2D eigenvalue weighted by atomic mass is 9.79. The van der Waals surface area contributed by atoms with E-state index in [0.29, 0.717) is 17.7 Å². The summed E-state index contributed by atoms with van der Waals surface area (Å²) < 4.78 is 16.3. The van der Waals surface area contributed by atoms with Crippen molar-refractivity contribution in [3.8, 4) is 11.5 Å². The lowest BCUT2D eigenvalue weighted by Crippen LogP contribution is -2.63. The van der Waals surface area contributed by atoms with Crippen LogP contribution in [0.1, 0.15) is 75.5 Å². The Bertz CT molecular complexity index is 973. The number of amides is 2. The van der Waals surface area contributed by atoms with Crippen LogP contribution in [-0.2, 0) is 14.3 Å². The van der Waals surface area contributed by atoms with Crippen LogP contribution < -0.4 is 20.1 Å². The molecule has 9 nitrogen and oxygen atoms in total. The van der Waals surface area contributed by atoms with Gasteiger partial charge in [0, 0.05) is 29.1 Å². The quantitative estimate of drug-likeness (QED) is 0.651. The highest BCUT2D eigenvalue weighted by Gasteiger charge is 2.48. The predicted molar refractivity (Wildman–Crippen MR) is 120 cm³/mol. The second-order valence-electron chi connectivity index (χ2n) is 10.4. The third-order valence-corrected chi connectivity index (χ3v) is 6.61. The highest BCUT2D eigenvalue weighted by Crippen LogP contribution is 2.45. The third-order valence-electron chi connectivity index (χ3n) is 6.61. The van der Waals surface area contributed by atoms with Gasteiger partial charge in [-0.25, -0.2) is 4.79 Å². The fourth-order valence-corrected chi connectivity index (χ4v) is 5.76. The molecule has 2 atom stereocenters. The number of ether oxygens (including phenoxy) is 3. The number of cyclic esters (lactones) is 1. The third kappa shape index (κ3) is 4.26. The number of carbonyl (C=O) groups excluding carboxylic acids is 3. The lowest BCUT2D eigenvalue weighted by Gasteiger charge is -2.47. The minimum Gasteiger partial charge on any atom is -0.493 e. The second-order valence-corrected chi connectivity index (χ2v) is 10.4. The molecule has 4 rings (SSSR count). The largest absolute Gasteiger partial charge is 0.493 e. The number of hydrogen-bond donors (Lipinski definition) is 2. The SMILES string of the molecule is COc1ccc2c(c1OC)C(=O)O[C@H]2N1C(=O)CC[C@H]1C(=O)NC1CC(C)(C)NC(C)(C)C1. The Morgan fingerprint density at radius 3 is 2.39 bits per heavy atom. The number of nitrogens with one attached hydrogen (secondary N) is 2. The van der Waals surface area contributed by atoms with Crippen LogP contribution in [0.3, 0.4) is 0 Å². The van der Waals surface area contributed by atoms with E-state index in [1.165, 1.54) is 19.1 Å². The predicted octanol–water partition coefficient (Wildman–Crippen LogP) is 2.29. The summed E-state index contributed by atoms with van der Waals surface area (Å²) >= 11 is 0. The van der Waals surface area contributed by atoms with Gasteiger partial charge >= 0.3 is 5.97 Å². The smallest absolute Gasteiger partial charge is 0.344 e. The van der Waals surface area contributed by atoms with Crippen LogP contribution in [0, 0.1) is 0 Å². The first-order valence-corrected chi connectivity index (χ1v) is 11.3. The summed E-state index contributed by atoms with van der Waals surface area (Å²) in [7, 11) is 2.92. The molecular formula is C24H33N3O6. The number of benzene rings is 1. The Morgan fingerprint density at radius 1 is 1.12 bits per heavy atom. The number of esters is 1. The van der Waals surface area contributed by atoms with Crippen molar-refractivity contribution in [3.63, 3.8) is 0 Å². The fraction of sp³-hybridized carbons (Fsp3) is 0.625. The summed E-state index contributed by atoms with van der Waals surface area (Å²) in [6.07, 6.45) is 1.18. The van der Waals surface area contributed by atoms with Crippen LogP contribution in [0.2, 0.25) is 0 Å². The van der Waals surface area contributed by atoms with Gasteiger partial charge in [-0.3, -0.25) is 14.5 Å². The molecule has 33 heavy (non-hydrogen) atoms. The average molecular weight is 460 g/mol. The molecule has 0 aliphatic carbocycles. The van der Waals surface area contributed by atoms with Gasteiger partial charge in [-0.05, 0) is 59.1 Å². The molecule has 3 aliphatic rings. The molecular weight excluding hydrogens is 426 g/mol. The van der Waals surface area contributed by atoms with E-state index in [-0.39, 0.29) is 46.7 Å². The molecule has 2 amide bonds. The molecule has 1 aromatic rings. The van der Waals surface area contributed by atoms with Crippen molar-refractivity contribution < 1.29 is 28.6 Å². The van der Waals surface area contributed by atoms with E-state index in [9.17, 15) is 14.4 Å². The van der Waals surface area contributed by atoms with E-state index < -0.39 is 18.2 Å². The lowest BCUT2D eigenvalue weighted by molar-refractivity contribution is -0.146. The number of carbonyl (C=O) groups is 3. The zero-order chi connectivity index (χ0) is 24.1. The van der Waals surface area contributed by atoms with Gasteiger partial charge in [-0.15, -0.1) is 0 Å². The number of fused-ring (bicyclic) bond motifs is 1. The number of nitrogens with zero attached hydrogens (tertiary/aromatic N) is 1. The molecule has 0 bridgehead atoms. The first-order valence-electron chi connectivity index (χ1n) is 11.3. The summed E-state index contributed by atoms with van der Waals surface area (Å²) in [5, 5.41) is 6.77. The van der Waals surface area contributed by atoms with Crippen LogP contribution in [-0.4, -0.2) is 60.1 Å². The fourth-order valence-electron chi connectivity index (χ4n) is 5.76. The normalized spacial score (nSPS) is 26.1. The molecule has 0 saturated carbocycles. The molecule has 0 spiro atoms. The maximum absolute atomic E-state index is 13.4. The van der Waals surface area contributed by atoms with Gasteiger partial charge in [-0.1, -0.05) is 0 Å². The second kappa shape index (κ2) is 8.20. The summed E-state index contributed by atoms with van der Waals surface area (Å²) in [5.74, 6) is -0.390. The Labute approximate surface area is 194 Å². The molecule has 3 aliphatic heterocycles. The van der Waals surface area contributed by atoms with E-state index >= 15 is 0 Å². The minimum absolute atomic E-state index is 0.0240. The van der Waals surface area contributed by atoms with Gasteiger partial charge in [0.25, 0.3) is 0 Å². The minimum atomic E-state index is -0.973. The van der Waals surface area contributed by atoms with Gasteiger partial charge in [0.1, 0.15) is 11.6 Å². The zero-order valence-corrected chi connectivity index (χ0v) is 20.1. The van der Waals surface area contributed by atoms with Crippen LogP contribution in [0.15, 0.2) is 12.1 Å². The van der Waals surface area contributed by atoms with Crippen molar-refractivity contribution in [1.29, 1.82) is 0 Å². The van der Waals surface area contributed by atoms with Crippen LogP contribution in [0.4, 0.5) is 0 Å². The van der Waals surface area contributed by atoms with Gasteiger partial charge in [0.05, 0.1) is 14.2 Å². The summed E-state index contributed by atoms with van der Waals surface area (Å²) in [5.41, 5.74) is 0.471. The van der Waals surface area contributed by atoms with E-state index in [2.05, 4.69) is 38.3 Å². The molecule has 2 N–H and O–H groups in total. The van der Waals surface area contributed by atoms with E-state index in [0.717, 1.165) is 12.8 Å². The molecule has 3 heterocycles. The standard InChI is InChI=1S/C24H33N3O6/c1-23(2)11-13(12-24(3,4)26-23)25-20(29)15-8-10-17(28)27(15)21-14-7-9-16(31-5)19(32-6)18(14)22(30)33-21/h7,9,13,15,21,26H,8,10-12H2,1-6H3,(H,25,29)/t15-,21+/m0/s1. The van der Waals surface area contributed by atoms with Crippen molar-refractivity contribution in [2.45, 2.75) is 82.8 Å². The van der Waals surface area contributed by atoms with Gasteiger partial charge in [-0.2, -0.15) is 0 Å². The van der Waals surface area contributed by atoms with E-state index in [1.54, 1.807) is 12.1 Å². The molecule has 1 aromatic carbocycles. The highest BCUT2D eigenvalue weighted by molar-refractivity contribution is 5.99. The highest BCUT2D eigenvalue weighted by atomic mass is 16.6. The van der Waals surface area contributed by atoms with Crippen molar-refractivity contribution >= 4 is 17.8 Å². The topological polar surface area (TPSA) is 106 Å². The zero-order valence-electron chi connectivity index (χ0n) is 20.1. The van der Waals surface area contributed by atoms with E-state index in [4.69, 9.17) is 14.2 Å². The summed E-state index contributed by atoms with van der Waals surface area (Å²) in [6, 6.07) is 2.62. The molecule has 0 unspecified atom stereocenters. The van der Waals surface area contributed by atoms with Crippen LogP contribution in [0.25, 0.3) is 0 Å². The van der Waals surface area contributed by atoms with Crippen molar-refractivity contribution in [1.82, 2.24) is 15.5 Å². The van der Waals surface area contributed by atoms with Gasteiger partial charge < -0.3 is 24.8 Å². The Hall–Kier alpha value is -2.81. The maximum atomic E-state index is 13.4. The van der Waals surface area contributed by atoms with Crippen molar-refractivity contribution in [3.05, 3.63) is 23.3 Å². The average Bonchev–Trinajstić information content (AvgIpc) is 3.24. The monoisotopic (exact) mass is 459 g/mol. The first kappa shape index (κ1) is 23.4. The Kier molecular flexibility index (Phi) is 5.80. The van der Waals surface area contributed by atoms with Crippen LogP contribution in [0.5, 0.6) is 11.5 Å². The Morgan fingerprint density at radius 2 is 1.79 bits per heavy atom. The van der Waals surface area contributed by atoms with Crippen molar-refractivity contribution in [2.75, 3.05) is 14.2 Å². The Balaban J connectivity index is 1.59. The maximum Gasteiger partial charge on any atom is 0.344 e. The molecule has 9 heteroatoms. The molecule has 2 fully saturated rings.